The minimum absolute atomic E-state index is 0.222. The van der Waals surface area contributed by atoms with E-state index in [1.165, 1.54) is 0 Å². The first kappa shape index (κ1) is 16.1. The summed E-state index contributed by atoms with van der Waals surface area (Å²) < 4.78 is 82.2. The van der Waals surface area contributed by atoms with Gasteiger partial charge in [-0.15, -0.1) is 13.2 Å². The van der Waals surface area contributed by atoms with Crippen molar-refractivity contribution in [2.45, 2.75) is 19.2 Å². The number of hydrogen-bond donors (Lipinski definition) is 0. The van der Waals surface area contributed by atoms with Crippen molar-refractivity contribution >= 4 is 5.97 Å². The molecule has 4 nitrogen and oxygen atoms in total. The van der Waals surface area contributed by atoms with Gasteiger partial charge < -0.3 is 9.47 Å². The second-order valence-electron chi connectivity index (χ2n) is 3.42. The third kappa shape index (κ3) is 4.28. The molecule has 0 bridgehead atoms. The normalized spacial score (nSPS) is 11.6. The molecule has 1 heterocycles. The smallest absolute Gasteiger partial charge is 0.469 e. The number of esters is 1. The predicted molar refractivity (Wildman–Crippen MR) is 51.6 cm³/mol. The lowest BCUT2D eigenvalue weighted by Gasteiger charge is -2.14. The van der Waals surface area contributed by atoms with Gasteiger partial charge in [-0.2, -0.15) is 4.39 Å². The van der Waals surface area contributed by atoms with Gasteiger partial charge in [0.1, 0.15) is 11.4 Å². The van der Waals surface area contributed by atoms with E-state index in [2.05, 4.69) is 14.5 Å². The minimum atomic E-state index is -5.24. The molecule has 0 saturated carbocycles. The third-order valence-electron chi connectivity index (χ3n) is 2.05. The lowest BCUT2D eigenvalue weighted by atomic mass is 10.1. The van der Waals surface area contributed by atoms with Crippen LogP contribution in [-0.2, 0) is 16.0 Å². The number of pyridine rings is 1. The molecule has 0 N–H and O–H groups in total. The number of carbonyl (C=O) groups is 1. The molecule has 0 atom stereocenters. The number of carbonyl (C=O) groups excluding carboxylic acids is 1. The molecule has 0 aliphatic heterocycles. The number of hydrogen-bond acceptors (Lipinski definition) is 4. The Kier molecular flexibility index (Phi) is 4.79. The van der Waals surface area contributed by atoms with Crippen molar-refractivity contribution < 1.29 is 40.6 Å². The fraction of sp³-hybridized carbons (Fsp3) is 0.400. The van der Waals surface area contributed by atoms with E-state index in [0.717, 1.165) is 7.11 Å². The van der Waals surface area contributed by atoms with Crippen LogP contribution in [0.3, 0.4) is 0 Å². The summed E-state index contributed by atoms with van der Waals surface area (Å²) in [5.74, 6) is -4.00. The van der Waals surface area contributed by atoms with Crippen LogP contribution in [0.1, 0.15) is 17.7 Å². The van der Waals surface area contributed by atoms with Gasteiger partial charge in [-0.1, -0.05) is 0 Å². The van der Waals surface area contributed by atoms with Gasteiger partial charge in [-0.25, -0.2) is 13.8 Å². The maximum Gasteiger partial charge on any atom is 0.573 e. The van der Waals surface area contributed by atoms with Crippen molar-refractivity contribution in [3.8, 4) is 5.75 Å². The van der Waals surface area contributed by atoms with Crippen molar-refractivity contribution in [2.24, 2.45) is 0 Å². The monoisotopic (exact) mass is 303 g/mol. The number of aromatic nitrogens is 1. The van der Waals surface area contributed by atoms with E-state index in [0.29, 0.717) is 0 Å². The first-order valence-electron chi connectivity index (χ1n) is 4.94. The van der Waals surface area contributed by atoms with Crippen molar-refractivity contribution in [2.75, 3.05) is 7.11 Å². The molecule has 0 aliphatic carbocycles. The fourth-order valence-electron chi connectivity index (χ4n) is 1.24. The van der Waals surface area contributed by atoms with Crippen molar-refractivity contribution in [1.82, 2.24) is 4.98 Å². The van der Waals surface area contributed by atoms with Gasteiger partial charge >= 0.3 is 12.3 Å². The van der Waals surface area contributed by atoms with Crippen LogP contribution in [0.2, 0.25) is 0 Å². The van der Waals surface area contributed by atoms with Gasteiger partial charge in [0.25, 0.3) is 6.43 Å². The quantitative estimate of drug-likeness (QED) is 0.487. The largest absolute Gasteiger partial charge is 0.573 e. The minimum Gasteiger partial charge on any atom is -0.469 e. The molecule has 1 aromatic heterocycles. The molecule has 0 saturated heterocycles. The van der Waals surface area contributed by atoms with Gasteiger partial charge in [0.2, 0.25) is 5.95 Å². The summed E-state index contributed by atoms with van der Waals surface area (Å²) in [5, 5.41) is 0. The lowest BCUT2D eigenvalue weighted by Crippen LogP contribution is -2.20. The Balaban J connectivity index is 3.28. The number of rotatable bonds is 4. The molecular weight excluding hydrogens is 296 g/mol. The topological polar surface area (TPSA) is 48.4 Å². The van der Waals surface area contributed by atoms with Gasteiger partial charge in [0, 0.05) is 6.07 Å². The maximum atomic E-state index is 13.4. The van der Waals surface area contributed by atoms with E-state index in [-0.39, 0.29) is 6.07 Å². The van der Waals surface area contributed by atoms with Crippen LogP contribution in [-0.4, -0.2) is 24.4 Å². The SMILES string of the molecule is COC(=O)Cc1c(OC(F)(F)F)cc(C(F)F)nc1F. The van der Waals surface area contributed by atoms with Crippen LogP contribution in [0.15, 0.2) is 6.07 Å². The molecule has 112 valence electrons. The lowest BCUT2D eigenvalue weighted by molar-refractivity contribution is -0.275. The second kappa shape index (κ2) is 5.97. The Hall–Kier alpha value is -2.00. The van der Waals surface area contributed by atoms with Crippen LogP contribution < -0.4 is 4.74 Å². The molecule has 1 rings (SSSR count). The Labute approximate surface area is 108 Å². The third-order valence-corrected chi connectivity index (χ3v) is 2.05. The number of halogens is 6. The second-order valence-corrected chi connectivity index (χ2v) is 3.42. The number of alkyl halides is 5. The van der Waals surface area contributed by atoms with Gasteiger partial charge in [0.05, 0.1) is 19.1 Å². The zero-order chi connectivity index (χ0) is 15.5. The average molecular weight is 303 g/mol. The highest BCUT2D eigenvalue weighted by Crippen LogP contribution is 2.31. The summed E-state index contributed by atoms with van der Waals surface area (Å²) >= 11 is 0. The zero-order valence-corrected chi connectivity index (χ0v) is 9.80. The molecule has 0 aliphatic rings. The number of methoxy groups -OCH3 is 1. The molecule has 0 radical (unpaired) electrons. The average Bonchev–Trinajstić information content (AvgIpc) is 2.30. The Morgan fingerprint density at radius 2 is 2.00 bits per heavy atom. The molecule has 0 spiro atoms. The van der Waals surface area contributed by atoms with Crippen molar-refractivity contribution in [1.29, 1.82) is 0 Å². The summed E-state index contributed by atoms with van der Waals surface area (Å²) in [5.41, 5.74) is -2.16. The maximum absolute atomic E-state index is 13.4. The van der Waals surface area contributed by atoms with Crippen molar-refractivity contribution in [3.63, 3.8) is 0 Å². The molecular formula is C10H7F6NO3. The van der Waals surface area contributed by atoms with Gasteiger partial charge in [0.15, 0.2) is 0 Å². The zero-order valence-electron chi connectivity index (χ0n) is 9.80. The molecule has 20 heavy (non-hydrogen) atoms. The van der Waals surface area contributed by atoms with E-state index in [4.69, 9.17) is 0 Å². The molecule has 0 amide bonds. The fourth-order valence-corrected chi connectivity index (χ4v) is 1.24. The summed E-state index contributed by atoms with van der Waals surface area (Å²) in [7, 11) is 0.922. The molecule has 0 unspecified atom stereocenters. The summed E-state index contributed by atoms with van der Waals surface area (Å²) in [6.07, 6.45) is -9.48. The van der Waals surface area contributed by atoms with Crippen LogP contribution in [0.25, 0.3) is 0 Å². The van der Waals surface area contributed by atoms with Crippen molar-refractivity contribution in [3.05, 3.63) is 23.3 Å². The van der Waals surface area contributed by atoms with E-state index in [1.54, 1.807) is 0 Å². The highest BCUT2D eigenvalue weighted by atomic mass is 19.4. The standard InChI is InChI=1S/C10H7F6NO3/c1-19-7(18)2-4-6(20-10(14,15)16)3-5(8(11)12)17-9(4)13/h3,8H,2H2,1H3. The van der Waals surface area contributed by atoms with Crippen LogP contribution in [0.5, 0.6) is 5.75 Å². The Morgan fingerprint density at radius 3 is 2.45 bits per heavy atom. The van der Waals surface area contributed by atoms with E-state index in [1.807, 2.05) is 0 Å². The predicted octanol–water partition coefficient (Wildman–Crippen LogP) is 2.77. The van der Waals surface area contributed by atoms with E-state index < -0.39 is 48.1 Å². The Morgan fingerprint density at radius 1 is 1.40 bits per heavy atom. The van der Waals surface area contributed by atoms with Gasteiger partial charge in [-0.05, 0) is 0 Å². The highest BCUT2D eigenvalue weighted by molar-refractivity contribution is 5.73. The summed E-state index contributed by atoms with van der Waals surface area (Å²) in [6, 6.07) is 0.222. The molecule has 10 heteroatoms. The van der Waals surface area contributed by atoms with Gasteiger partial charge in [-0.3, -0.25) is 4.79 Å². The summed E-state index contributed by atoms with van der Waals surface area (Å²) in [4.78, 5) is 13.7. The van der Waals surface area contributed by atoms with Crippen LogP contribution >= 0.6 is 0 Å². The van der Waals surface area contributed by atoms with Crippen LogP contribution in [0.4, 0.5) is 26.3 Å². The molecule has 0 fully saturated rings. The number of ether oxygens (including phenoxy) is 2. The highest BCUT2D eigenvalue weighted by Gasteiger charge is 2.34. The van der Waals surface area contributed by atoms with Crippen LogP contribution in [0, 0.1) is 5.95 Å². The summed E-state index contributed by atoms with van der Waals surface area (Å²) in [6.45, 7) is 0. The Bertz CT molecular complexity index is 503. The molecule has 0 aromatic carbocycles. The first-order valence-corrected chi connectivity index (χ1v) is 4.94. The first-order chi connectivity index (χ1) is 9.14. The van der Waals surface area contributed by atoms with E-state index >= 15 is 0 Å². The number of nitrogens with zero attached hydrogens (tertiary/aromatic N) is 1. The molecule has 1 aromatic rings. The van der Waals surface area contributed by atoms with E-state index in [9.17, 15) is 31.1 Å².